The Morgan fingerprint density at radius 3 is 2.55 bits per heavy atom. The molecule has 3 rings (SSSR count). The van der Waals surface area contributed by atoms with Gasteiger partial charge in [-0.05, 0) is 42.8 Å². The first-order valence-electron chi connectivity index (χ1n) is 5.87. The number of furan rings is 1. The van der Waals surface area contributed by atoms with Crippen molar-refractivity contribution in [1.29, 1.82) is 0 Å². The van der Waals surface area contributed by atoms with E-state index in [-0.39, 0.29) is 5.56 Å². The van der Waals surface area contributed by atoms with E-state index in [0.717, 1.165) is 5.56 Å². The van der Waals surface area contributed by atoms with Crippen molar-refractivity contribution < 1.29 is 18.8 Å². The fraction of sp³-hybridized carbons (Fsp3) is 0.0714. The lowest BCUT2D eigenvalue weighted by molar-refractivity contribution is 0.0697. The molecule has 6 nitrogen and oxygen atoms in total. The van der Waals surface area contributed by atoms with Crippen molar-refractivity contribution in [3.63, 3.8) is 0 Å². The number of carboxylic acids is 1. The largest absolute Gasteiger partial charge is 0.478 e. The zero-order chi connectivity index (χ0) is 14.1. The van der Waals surface area contributed by atoms with Crippen LogP contribution in [0.1, 0.15) is 15.9 Å². The lowest BCUT2D eigenvalue weighted by Gasteiger charge is -1.95. The van der Waals surface area contributed by atoms with Crippen LogP contribution in [0.5, 0.6) is 0 Å². The Morgan fingerprint density at radius 1 is 1.20 bits per heavy atom. The summed E-state index contributed by atoms with van der Waals surface area (Å²) in [6.07, 6.45) is 1.56. The van der Waals surface area contributed by atoms with Crippen molar-refractivity contribution in [3.8, 4) is 23.0 Å². The van der Waals surface area contributed by atoms with Gasteiger partial charge in [0.1, 0.15) is 0 Å². The number of hydrogen-bond acceptors (Lipinski definition) is 5. The van der Waals surface area contributed by atoms with Crippen molar-refractivity contribution in [2.75, 3.05) is 0 Å². The Kier molecular flexibility index (Phi) is 2.83. The van der Waals surface area contributed by atoms with Gasteiger partial charge in [-0.25, -0.2) is 4.79 Å². The normalized spacial score (nSPS) is 10.7. The lowest BCUT2D eigenvalue weighted by Crippen LogP contribution is -1.94. The molecule has 3 aromatic rings. The van der Waals surface area contributed by atoms with Crippen LogP contribution in [-0.4, -0.2) is 21.2 Å². The number of hydrogen-bond donors (Lipinski definition) is 1. The number of nitrogens with zero attached hydrogens (tertiary/aromatic N) is 2. The summed E-state index contributed by atoms with van der Waals surface area (Å²) in [5, 5.41) is 12.7. The first kappa shape index (κ1) is 12.2. The Labute approximate surface area is 113 Å². The molecular weight excluding hydrogens is 260 g/mol. The number of benzene rings is 1. The smallest absolute Gasteiger partial charge is 0.335 e. The molecule has 20 heavy (non-hydrogen) atoms. The highest BCUT2D eigenvalue weighted by atomic mass is 16.5. The van der Waals surface area contributed by atoms with Crippen LogP contribution >= 0.6 is 0 Å². The third-order valence-corrected chi connectivity index (χ3v) is 2.87. The van der Waals surface area contributed by atoms with Crippen LogP contribution in [0.4, 0.5) is 0 Å². The summed E-state index contributed by atoms with van der Waals surface area (Å²) in [4.78, 5) is 15.0. The van der Waals surface area contributed by atoms with Gasteiger partial charge < -0.3 is 14.0 Å². The molecule has 0 saturated heterocycles. The third-order valence-electron chi connectivity index (χ3n) is 2.87. The van der Waals surface area contributed by atoms with Crippen molar-refractivity contribution in [3.05, 3.63) is 47.7 Å². The summed E-state index contributed by atoms with van der Waals surface area (Å²) in [5.74, 6) is 0.258. The highest BCUT2D eigenvalue weighted by molar-refractivity contribution is 5.88. The van der Waals surface area contributed by atoms with Crippen molar-refractivity contribution in [2.24, 2.45) is 0 Å². The summed E-state index contributed by atoms with van der Waals surface area (Å²) in [6, 6.07) is 8.03. The Balaban J connectivity index is 1.94. The molecular formula is C14H10N2O4. The van der Waals surface area contributed by atoms with Gasteiger partial charge in [0, 0.05) is 5.56 Å². The summed E-state index contributed by atoms with van der Waals surface area (Å²) in [6.45, 7) is 1.89. The van der Waals surface area contributed by atoms with Crippen molar-refractivity contribution >= 4 is 5.97 Å². The Morgan fingerprint density at radius 2 is 1.95 bits per heavy atom. The molecule has 2 heterocycles. The Bertz CT molecular complexity index is 756. The molecule has 2 aromatic heterocycles. The summed E-state index contributed by atoms with van der Waals surface area (Å²) in [5.41, 5.74) is 1.77. The molecule has 0 atom stereocenters. The van der Waals surface area contributed by atoms with Gasteiger partial charge in [0.25, 0.3) is 5.89 Å². The molecule has 1 aromatic carbocycles. The van der Waals surface area contributed by atoms with E-state index < -0.39 is 5.97 Å². The van der Waals surface area contributed by atoms with Gasteiger partial charge in [-0.1, -0.05) is 5.16 Å². The van der Waals surface area contributed by atoms with Crippen LogP contribution in [0.15, 0.2) is 45.5 Å². The minimum absolute atomic E-state index is 0.204. The summed E-state index contributed by atoms with van der Waals surface area (Å²) in [7, 11) is 0. The molecule has 0 aliphatic heterocycles. The second-order valence-corrected chi connectivity index (χ2v) is 4.24. The standard InChI is InChI=1S/C14H10N2O4/c1-8-6-7-19-11(8)12-15-13(20-16-12)9-2-4-10(5-3-9)14(17)18/h2-7H,1H3,(H,17,18). The van der Waals surface area contributed by atoms with Gasteiger partial charge >= 0.3 is 5.97 Å². The van der Waals surface area contributed by atoms with Gasteiger partial charge in [0.2, 0.25) is 5.82 Å². The van der Waals surface area contributed by atoms with Crippen LogP contribution in [0.2, 0.25) is 0 Å². The SMILES string of the molecule is Cc1ccoc1-c1noc(-c2ccc(C(=O)O)cc2)n1. The van der Waals surface area contributed by atoms with Crippen LogP contribution in [0, 0.1) is 6.92 Å². The molecule has 0 radical (unpaired) electrons. The molecule has 0 amide bonds. The first-order valence-corrected chi connectivity index (χ1v) is 5.87. The van der Waals surface area contributed by atoms with Crippen LogP contribution in [0.3, 0.4) is 0 Å². The number of rotatable bonds is 3. The highest BCUT2D eigenvalue weighted by Gasteiger charge is 2.15. The van der Waals surface area contributed by atoms with Crippen LogP contribution in [0.25, 0.3) is 23.0 Å². The van der Waals surface area contributed by atoms with Crippen LogP contribution < -0.4 is 0 Å². The summed E-state index contributed by atoms with van der Waals surface area (Å²) < 4.78 is 10.4. The summed E-state index contributed by atoms with van der Waals surface area (Å²) >= 11 is 0. The number of carboxylic acid groups (broad SMARTS) is 1. The Hall–Kier alpha value is -2.89. The van der Waals surface area contributed by atoms with Gasteiger partial charge in [-0.2, -0.15) is 4.98 Å². The van der Waals surface area contributed by atoms with E-state index in [1.54, 1.807) is 18.4 Å². The second kappa shape index (κ2) is 4.65. The monoisotopic (exact) mass is 270 g/mol. The molecule has 0 aliphatic rings. The molecule has 0 spiro atoms. The number of aromatic carboxylic acids is 1. The predicted molar refractivity (Wildman–Crippen MR) is 69.1 cm³/mol. The van der Waals surface area contributed by atoms with Crippen molar-refractivity contribution in [1.82, 2.24) is 10.1 Å². The fourth-order valence-electron chi connectivity index (χ4n) is 1.79. The zero-order valence-electron chi connectivity index (χ0n) is 10.5. The quantitative estimate of drug-likeness (QED) is 0.786. The van der Waals surface area contributed by atoms with E-state index in [9.17, 15) is 4.79 Å². The molecule has 0 unspecified atom stereocenters. The minimum atomic E-state index is -0.978. The number of aromatic nitrogens is 2. The van der Waals surface area contributed by atoms with Gasteiger partial charge in [0.15, 0.2) is 5.76 Å². The maximum absolute atomic E-state index is 10.8. The fourth-order valence-corrected chi connectivity index (χ4v) is 1.79. The predicted octanol–water partition coefficient (Wildman–Crippen LogP) is 3.00. The average Bonchev–Trinajstić information content (AvgIpc) is 3.07. The molecule has 6 heteroatoms. The maximum Gasteiger partial charge on any atom is 0.335 e. The maximum atomic E-state index is 10.8. The number of carbonyl (C=O) groups is 1. The van der Waals surface area contributed by atoms with Gasteiger partial charge in [-0.3, -0.25) is 0 Å². The lowest BCUT2D eigenvalue weighted by atomic mass is 10.1. The van der Waals surface area contributed by atoms with E-state index in [2.05, 4.69) is 10.1 Å². The van der Waals surface area contributed by atoms with E-state index in [4.69, 9.17) is 14.0 Å². The first-order chi connectivity index (χ1) is 9.65. The molecule has 100 valence electrons. The topological polar surface area (TPSA) is 89.4 Å². The van der Waals surface area contributed by atoms with Crippen molar-refractivity contribution in [2.45, 2.75) is 6.92 Å². The molecule has 1 N–H and O–H groups in total. The second-order valence-electron chi connectivity index (χ2n) is 4.24. The van der Waals surface area contributed by atoms with E-state index >= 15 is 0 Å². The molecule has 0 saturated carbocycles. The zero-order valence-corrected chi connectivity index (χ0v) is 10.5. The minimum Gasteiger partial charge on any atom is -0.478 e. The van der Waals surface area contributed by atoms with E-state index in [0.29, 0.717) is 23.0 Å². The van der Waals surface area contributed by atoms with Crippen LogP contribution in [-0.2, 0) is 0 Å². The van der Waals surface area contributed by atoms with Gasteiger partial charge in [-0.15, -0.1) is 0 Å². The number of aryl methyl sites for hydroxylation is 1. The molecule has 0 aliphatic carbocycles. The molecule has 0 bridgehead atoms. The van der Waals surface area contributed by atoms with E-state index in [1.807, 2.05) is 13.0 Å². The molecule has 0 fully saturated rings. The third kappa shape index (κ3) is 2.07. The van der Waals surface area contributed by atoms with E-state index in [1.165, 1.54) is 12.1 Å². The average molecular weight is 270 g/mol. The van der Waals surface area contributed by atoms with Gasteiger partial charge in [0.05, 0.1) is 11.8 Å². The highest BCUT2D eigenvalue weighted by Crippen LogP contribution is 2.25.